The molecule has 0 aliphatic carbocycles. The van der Waals surface area contributed by atoms with Crippen LogP contribution in [0.15, 0.2) is 0 Å². The molecular weight excluding hydrogens is 316 g/mol. The largest absolute Gasteiger partial charge is 0.479 e. The van der Waals surface area contributed by atoms with Gasteiger partial charge in [0.2, 0.25) is 5.54 Å². The van der Waals surface area contributed by atoms with Gasteiger partial charge in [-0.05, 0) is 55.0 Å². The fraction of sp³-hybridized carbons (Fsp3) is 0.812. The van der Waals surface area contributed by atoms with Gasteiger partial charge in [-0.15, -0.1) is 0 Å². The van der Waals surface area contributed by atoms with Crippen molar-refractivity contribution in [3.05, 3.63) is 0 Å². The minimum absolute atomic E-state index is 0.0543. The Kier molecular flexibility index (Phi) is 7.38. The summed E-state index contributed by atoms with van der Waals surface area (Å²) in [5, 5.41) is 12.0. The van der Waals surface area contributed by atoms with Gasteiger partial charge in [-0.1, -0.05) is 0 Å². The van der Waals surface area contributed by atoms with Crippen LogP contribution in [-0.2, 0) is 23.9 Å². The number of likely N-dealkylation sites (N-methyl/N-ethyl adjacent to an activating group) is 1. The Labute approximate surface area is 143 Å². The molecule has 24 heavy (non-hydrogen) atoms. The Hall–Kier alpha value is -1.67. The zero-order valence-corrected chi connectivity index (χ0v) is 15.6. The highest BCUT2D eigenvalue weighted by atomic mass is 16.6. The van der Waals surface area contributed by atoms with Crippen molar-refractivity contribution in [1.82, 2.24) is 5.32 Å². The highest BCUT2D eigenvalue weighted by Gasteiger charge is 2.52. The van der Waals surface area contributed by atoms with Crippen LogP contribution in [-0.4, -0.2) is 52.8 Å². The number of carbonyl (C=O) groups excluding carboxylic acids is 2. The number of hydrogen-bond donors (Lipinski definition) is 3. The van der Waals surface area contributed by atoms with Crippen molar-refractivity contribution in [2.75, 3.05) is 7.05 Å². The number of esters is 2. The van der Waals surface area contributed by atoms with E-state index in [9.17, 15) is 19.5 Å². The lowest BCUT2D eigenvalue weighted by molar-refractivity contribution is -0.173. The van der Waals surface area contributed by atoms with E-state index in [0.29, 0.717) is 0 Å². The topological polar surface area (TPSA) is 128 Å². The van der Waals surface area contributed by atoms with Crippen molar-refractivity contribution < 1.29 is 29.0 Å². The predicted molar refractivity (Wildman–Crippen MR) is 88.3 cm³/mol. The van der Waals surface area contributed by atoms with Gasteiger partial charge in [0, 0.05) is 12.5 Å². The van der Waals surface area contributed by atoms with Crippen LogP contribution in [0, 0.1) is 0 Å². The SMILES string of the molecule is CN[C@@](C(=O)O)(C(=O)OC(C)(C)C)C(N)CCC(=O)OC(C)(C)C. The zero-order chi connectivity index (χ0) is 19.3. The minimum atomic E-state index is -2.14. The number of nitrogens with two attached hydrogens (primary N) is 1. The van der Waals surface area contributed by atoms with Crippen molar-refractivity contribution in [3.8, 4) is 0 Å². The van der Waals surface area contributed by atoms with E-state index in [2.05, 4.69) is 5.32 Å². The first-order valence-corrected chi connectivity index (χ1v) is 7.79. The second kappa shape index (κ2) is 7.94. The van der Waals surface area contributed by atoms with Crippen LogP contribution >= 0.6 is 0 Å². The number of nitrogens with one attached hydrogen (secondary N) is 1. The van der Waals surface area contributed by atoms with E-state index in [1.807, 2.05) is 0 Å². The lowest BCUT2D eigenvalue weighted by Crippen LogP contribution is -2.68. The molecule has 8 heteroatoms. The van der Waals surface area contributed by atoms with Crippen molar-refractivity contribution in [2.45, 2.75) is 77.2 Å². The molecule has 2 atom stereocenters. The van der Waals surface area contributed by atoms with Crippen LogP contribution in [0.1, 0.15) is 54.4 Å². The maximum atomic E-state index is 12.4. The van der Waals surface area contributed by atoms with Crippen molar-refractivity contribution >= 4 is 17.9 Å². The zero-order valence-electron chi connectivity index (χ0n) is 15.6. The van der Waals surface area contributed by atoms with Gasteiger partial charge in [-0.3, -0.25) is 10.1 Å². The Balaban J connectivity index is 5.22. The molecule has 8 nitrogen and oxygen atoms in total. The first kappa shape index (κ1) is 22.3. The molecule has 0 saturated carbocycles. The third-order valence-electron chi connectivity index (χ3n) is 3.09. The molecule has 0 spiro atoms. The molecule has 0 fully saturated rings. The molecule has 0 bridgehead atoms. The van der Waals surface area contributed by atoms with E-state index < -0.39 is 40.7 Å². The first-order chi connectivity index (χ1) is 10.7. The Morgan fingerprint density at radius 3 is 1.83 bits per heavy atom. The van der Waals surface area contributed by atoms with Crippen LogP contribution in [0.2, 0.25) is 0 Å². The lowest BCUT2D eigenvalue weighted by atomic mass is 9.87. The summed E-state index contributed by atoms with van der Waals surface area (Å²) >= 11 is 0. The van der Waals surface area contributed by atoms with Gasteiger partial charge < -0.3 is 20.3 Å². The molecular formula is C16H30N2O6. The van der Waals surface area contributed by atoms with E-state index in [1.54, 1.807) is 41.5 Å². The number of aliphatic carboxylic acids is 1. The van der Waals surface area contributed by atoms with Gasteiger partial charge in [0.1, 0.15) is 11.2 Å². The molecule has 0 amide bonds. The fourth-order valence-electron chi connectivity index (χ4n) is 2.03. The molecule has 140 valence electrons. The van der Waals surface area contributed by atoms with E-state index in [1.165, 1.54) is 7.05 Å². The summed E-state index contributed by atoms with van der Waals surface area (Å²) < 4.78 is 10.3. The number of ether oxygens (including phenoxy) is 2. The smallest absolute Gasteiger partial charge is 0.340 e. The molecule has 0 rings (SSSR count). The first-order valence-electron chi connectivity index (χ1n) is 7.79. The number of carboxylic acids is 1. The molecule has 4 N–H and O–H groups in total. The van der Waals surface area contributed by atoms with Crippen LogP contribution in [0.5, 0.6) is 0 Å². The summed E-state index contributed by atoms with van der Waals surface area (Å²) in [5.41, 5.74) is 2.27. The van der Waals surface area contributed by atoms with Crippen LogP contribution in [0.25, 0.3) is 0 Å². The van der Waals surface area contributed by atoms with Crippen molar-refractivity contribution in [3.63, 3.8) is 0 Å². The maximum absolute atomic E-state index is 12.4. The summed E-state index contributed by atoms with van der Waals surface area (Å²) in [6, 6.07) is -1.18. The molecule has 0 aromatic carbocycles. The van der Waals surface area contributed by atoms with E-state index in [-0.39, 0.29) is 12.8 Å². The molecule has 0 saturated heterocycles. The molecule has 1 unspecified atom stereocenters. The second-order valence-electron chi connectivity index (χ2n) is 7.60. The highest BCUT2D eigenvalue weighted by molar-refractivity contribution is 6.05. The maximum Gasteiger partial charge on any atom is 0.340 e. The molecule has 0 heterocycles. The van der Waals surface area contributed by atoms with Gasteiger partial charge in [0.25, 0.3) is 0 Å². The summed E-state index contributed by atoms with van der Waals surface area (Å²) in [6.45, 7) is 10.0. The van der Waals surface area contributed by atoms with Gasteiger partial charge >= 0.3 is 17.9 Å². The molecule has 0 radical (unpaired) electrons. The Morgan fingerprint density at radius 1 is 1.04 bits per heavy atom. The number of carboxylic acid groups (broad SMARTS) is 1. The molecule has 0 aliphatic rings. The third kappa shape index (κ3) is 6.45. The monoisotopic (exact) mass is 346 g/mol. The van der Waals surface area contributed by atoms with Crippen LogP contribution < -0.4 is 11.1 Å². The Morgan fingerprint density at radius 2 is 1.50 bits per heavy atom. The highest BCUT2D eigenvalue weighted by Crippen LogP contribution is 2.21. The molecule has 0 aromatic rings. The third-order valence-corrected chi connectivity index (χ3v) is 3.09. The van der Waals surface area contributed by atoms with Crippen molar-refractivity contribution in [1.29, 1.82) is 0 Å². The quantitative estimate of drug-likeness (QED) is 0.456. The van der Waals surface area contributed by atoms with E-state index in [4.69, 9.17) is 15.2 Å². The second-order valence-corrected chi connectivity index (χ2v) is 7.60. The Bertz CT molecular complexity index is 478. The van der Waals surface area contributed by atoms with E-state index in [0.717, 1.165) is 0 Å². The average Bonchev–Trinajstić information content (AvgIpc) is 2.33. The van der Waals surface area contributed by atoms with Crippen LogP contribution in [0.4, 0.5) is 0 Å². The van der Waals surface area contributed by atoms with E-state index >= 15 is 0 Å². The summed E-state index contributed by atoms with van der Waals surface area (Å²) in [4.78, 5) is 35.9. The normalized spacial score (nSPS) is 16.0. The predicted octanol–water partition coefficient (Wildman–Crippen LogP) is 0.820. The van der Waals surface area contributed by atoms with Crippen LogP contribution in [0.3, 0.4) is 0 Å². The van der Waals surface area contributed by atoms with Gasteiger partial charge in [-0.2, -0.15) is 0 Å². The number of rotatable bonds is 7. The van der Waals surface area contributed by atoms with Gasteiger partial charge in [-0.25, -0.2) is 9.59 Å². The molecule has 0 aliphatic heterocycles. The summed E-state index contributed by atoms with van der Waals surface area (Å²) in [5.74, 6) is -2.98. The molecule has 0 aromatic heterocycles. The number of carbonyl (C=O) groups is 3. The van der Waals surface area contributed by atoms with Gasteiger partial charge in [0.15, 0.2) is 0 Å². The summed E-state index contributed by atoms with van der Waals surface area (Å²) in [7, 11) is 1.31. The fourth-order valence-corrected chi connectivity index (χ4v) is 2.03. The van der Waals surface area contributed by atoms with Crippen molar-refractivity contribution in [2.24, 2.45) is 5.73 Å². The average molecular weight is 346 g/mol. The minimum Gasteiger partial charge on any atom is -0.479 e. The lowest BCUT2D eigenvalue weighted by Gasteiger charge is -2.35. The summed E-state index contributed by atoms with van der Waals surface area (Å²) in [6.07, 6.45) is -0.167. The standard InChI is InChI=1S/C16H30N2O6/c1-14(2,3)23-11(19)9-8-10(17)16(18-7,12(20)21)13(22)24-15(4,5)6/h10,18H,8-9,17H2,1-7H3,(H,20,21)/t10?,16-/m0/s1. The van der Waals surface area contributed by atoms with Gasteiger partial charge in [0.05, 0.1) is 0 Å². The number of hydrogen-bond acceptors (Lipinski definition) is 7.